The van der Waals surface area contributed by atoms with E-state index in [1.807, 2.05) is 48.5 Å². The number of halogens is 1. The van der Waals surface area contributed by atoms with E-state index in [1.165, 1.54) is 12.8 Å². The molecule has 2 aromatic carbocycles. The molecule has 1 aromatic heterocycles. The van der Waals surface area contributed by atoms with Crippen molar-refractivity contribution in [2.45, 2.75) is 31.7 Å². The Morgan fingerprint density at radius 2 is 1.79 bits per heavy atom. The van der Waals surface area contributed by atoms with Gasteiger partial charge in [-0.1, -0.05) is 54.8 Å². The third kappa shape index (κ3) is 4.37. The number of hydrogen-bond donors (Lipinski definition) is 2. The molecule has 4 rings (SSSR count). The monoisotopic (exact) mass is 394 g/mol. The van der Waals surface area contributed by atoms with Gasteiger partial charge in [0.05, 0.1) is 18.5 Å². The second kappa shape index (κ2) is 8.48. The molecule has 0 amide bonds. The molecule has 3 aromatic rings. The van der Waals surface area contributed by atoms with E-state index in [-0.39, 0.29) is 0 Å². The Bertz CT molecular complexity index is 943. The first-order valence-electron chi connectivity index (χ1n) is 9.53. The van der Waals surface area contributed by atoms with E-state index in [2.05, 4.69) is 10.6 Å². The van der Waals surface area contributed by atoms with Crippen molar-refractivity contribution in [3.63, 3.8) is 0 Å². The minimum absolute atomic E-state index is 0.430. The number of ether oxygens (including phenoxy) is 1. The van der Waals surface area contributed by atoms with Gasteiger partial charge in [-0.15, -0.1) is 0 Å². The lowest BCUT2D eigenvalue weighted by Gasteiger charge is -2.16. The Labute approximate surface area is 170 Å². The second-order valence-electron chi connectivity index (χ2n) is 6.92. The SMILES string of the molecule is COc1ccc(Cl)cc1Nc1cc(-c2ccccc2)nc(NC2CCCC2)n1. The fourth-order valence-corrected chi connectivity index (χ4v) is 3.67. The number of rotatable bonds is 6. The Balaban J connectivity index is 1.70. The molecule has 144 valence electrons. The zero-order valence-corrected chi connectivity index (χ0v) is 16.5. The summed E-state index contributed by atoms with van der Waals surface area (Å²) in [6.07, 6.45) is 4.81. The van der Waals surface area contributed by atoms with E-state index in [9.17, 15) is 0 Å². The van der Waals surface area contributed by atoms with Crippen LogP contribution in [-0.2, 0) is 0 Å². The van der Waals surface area contributed by atoms with Crippen LogP contribution in [0.5, 0.6) is 5.75 Å². The van der Waals surface area contributed by atoms with Gasteiger partial charge in [0.15, 0.2) is 0 Å². The van der Waals surface area contributed by atoms with E-state index < -0.39 is 0 Å². The molecule has 0 radical (unpaired) electrons. The number of anilines is 3. The lowest BCUT2D eigenvalue weighted by atomic mass is 10.1. The maximum atomic E-state index is 6.17. The number of nitrogens with one attached hydrogen (secondary N) is 2. The number of methoxy groups -OCH3 is 1. The number of benzene rings is 2. The number of hydrogen-bond acceptors (Lipinski definition) is 5. The lowest BCUT2D eigenvalue weighted by Crippen LogP contribution is -2.17. The maximum Gasteiger partial charge on any atom is 0.225 e. The van der Waals surface area contributed by atoms with Crippen LogP contribution in [0.15, 0.2) is 54.6 Å². The first kappa shape index (κ1) is 18.6. The van der Waals surface area contributed by atoms with Crippen LogP contribution in [0.4, 0.5) is 17.5 Å². The molecule has 1 fully saturated rings. The van der Waals surface area contributed by atoms with Gasteiger partial charge in [-0.25, -0.2) is 4.98 Å². The van der Waals surface area contributed by atoms with E-state index >= 15 is 0 Å². The molecule has 1 aliphatic rings. The second-order valence-corrected chi connectivity index (χ2v) is 7.36. The summed E-state index contributed by atoms with van der Waals surface area (Å²) in [7, 11) is 1.64. The van der Waals surface area contributed by atoms with Crippen LogP contribution in [0.3, 0.4) is 0 Å². The quantitative estimate of drug-likeness (QED) is 0.544. The van der Waals surface area contributed by atoms with E-state index in [0.717, 1.165) is 29.8 Å². The largest absolute Gasteiger partial charge is 0.495 e. The van der Waals surface area contributed by atoms with Gasteiger partial charge in [-0.2, -0.15) is 4.98 Å². The fraction of sp³-hybridized carbons (Fsp3) is 0.273. The third-order valence-corrected chi connectivity index (χ3v) is 5.14. The summed E-state index contributed by atoms with van der Waals surface area (Å²) in [6, 6.07) is 17.9. The Morgan fingerprint density at radius 1 is 1.00 bits per heavy atom. The molecule has 0 saturated heterocycles. The van der Waals surface area contributed by atoms with Crippen molar-refractivity contribution >= 4 is 29.1 Å². The highest BCUT2D eigenvalue weighted by Crippen LogP contribution is 2.32. The summed E-state index contributed by atoms with van der Waals surface area (Å²) < 4.78 is 5.45. The van der Waals surface area contributed by atoms with Gasteiger partial charge >= 0.3 is 0 Å². The normalized spacial score (nSPS) is 14.1. The first-order valence-corrected chi connectivity index (χ1v) is 9.90. The van der Waals surface area contributed by atoms with Crippen molar-refractivity contribution in [2.24, 2.45) is 0 Å². The van der Waals surface area contributed by atoms with Crippen molar-refractivity contribution in [3.05, 3.63) is 59.6 Å². The summed E-state index contributed by atoms with van der Waals surface area (Å²) >= 11 is 6.17. The summed E-state index contributed by atoms with van der Waals surface area (Å²) in [5.41, 5.74) is 2.67. The average molecular weight is 395 g/mol. The summed E-state index contributed by atoms with van der Waals surface area (Å²) in [6.45, 7) is 0. The fourth-order valence-electron chi connectivity index (χ4n) is 3.50. The van der Waals surface area contributed by atoms with Gasteiger partial charge in [-0.3, -0.25) is 0 Å². The summed E-state index contributed by atoms with van der Waals surface area (Å²) in [4.78, 5) is 9.44. The molecule has 28 heavy (non-hydrogen) atoms. The van der Waals surface area contributed by atoms with Crippen molar-refractivity contribution in [3.8, 4) is 17.0 Å². The highest BCUT2D eigenvalue weighted by molar-refractivity contribution is 6.31. The van der Waals surface area contributed by atoms with Crippen LogP contribution >= 0.6 is 11.6 Å². The molecule has 0 unspecified atom stereocenters. The molecular formula is C22H23ClN4O. The van der Waals surface area contributed by atoms with Gasteiger partial charge in [0.2, 0.25) is 5.95 Å². The smallest absolute Gasteiger partial charge is 0.225 e. The van der Waals surface area contributed by atoms with Crippen LogP contribution < -0.4 is 15.4 Å². The van der Waals surface area contributed by atoms with Crippen LogP contribution in [0, 0.1) is 0 Å². The van der Waals surface area contributed by atoms with Crippen LogP contribution in [0.25, 0.3) is 11.3 Å². The zero-order chi connectivity index (χ0) is 19.3. The maximum absolute atomic E-state index is 6.17. The topological polar surface area (TPSA) is 59.1 Å². The molecule has 1 saturated carbocycles. The average Bonchev–Trinajstić information content (AvgIpc) is 3.22. The van der Waals surface area contributed by atoms with E-state index in [1.54, 1.807) is 13.2 Å². The highest BCUT2D eigenvalue weighted by Gasteiger charge is 2.17. The summed E-state index contributed by atoms with van der Waals surface area (Å²) in [5.74, 6) is 2.03. The van der Waals surface area contributed by atoms with Gasteiger partial charge in [0.1, 0.15) is 11.6 Å². The molecule has 0 spiro atoms. The minimum atomic E-state index is 0.430. The zero-order valence-electron chi connectivity index (χ0n) is 15.8. The molecular weight excluding hydrogens is 372 g/mol. The Kier molecular flexibility index (Phi) is 5.63. The van der Waals surface area contributed by atoms with Crippen molar-refractivity contribution in [2.75, 3.05) is 17.7 Å². The first-order chi connectivity index (χ1) is 13.7. The van der Waals surface area contributed by atoms with Gasteiger partial charge in [-0.05, 0) is 31.0 Å². The summed E-state index contributed by atoms with van der Waals surface area (Å²) in [5, 5.41) is 7.47. The van der Waals surface area contributed by atoms with Crippen molar-refractivity contribution in [1.82, 2.24) is 9.97 Å². The van der Waals surface area contributed by atoms with Crippen LogP contribution in [0.2, 0.25) is 5.02 Å². The molecule has 5 nitrogen and oxygen atoms in total. The standard InChI is InChI=1S/C22H23ClN4O/c1-28-20-12-11-16(23)13-19(20)25-21-14-18(15-7-3-2-4-8-15)26-22(27-21)24-17-9-5-6-10-17/h2-4,7-8,11-14,17H,5-6,9-10H2,1H3,(H2,24,25,26,27). The van der Waals surface area contributed by atoms with Crippen LogP contribution in [-0.4, -0.2) is 23.1 Å². The lowest BCUT2D eigenvalue weighted by molar-refractivity contribution is 0.417. The van der Waals surface area contributed by atoms with Gasteiger partial charge in [0, 0.05) is 22.7 Å². The third-order valence-electron chi connectivity index (χ3n) is 4.91. The predicted octanol–water partition coefficient (Wildman–Crippen LogP) is 5.90. The van der Waals surface area contributed by atoms with E-state index in [4.69, 9.17) is 26.3 Å². The number of aromatic nitrogens is 2. The Hall–Kier alpha value is -2.79. The van der Waals surface area contributed by atoms with E-state index in [0.29, 0.717) is 28.6 Å². The molecule has 0 bridgehead atoms. The van der Waals surface area contributed by atoms with Crippen molar-refractivity contribution < 1.29 is 4.74 Å². The van der Waals surface area contributed by atoms with Crippen molar-refractivity contribution in [1.29, 1.82) is 0 Å². The molecule has 1 heterocycles. The highest BCUT2D eigenvalue weighted by atomic mass is 35.5. The minimum Gasteiger partial charge on any atom is -0.495 e. The molecule has 6 heteroatoms. The Morgan fingerprint density at radius 3 is 2.54 bits per heavy atom. The molecule has 0 aliphatic heterocycles. The van der Waals surface area contributed by atoms with Crippen LogP contribution in [0.1, 0.15) is 25.7 Å². The predicted molar refractivity (Wildman–Crippen MR) is 115 cm³/mol. The number of nitrogens with zero attached hydrogens (tertiary/aromatic N) is 2. The van der Waals surface area contributed by atoms with Gasteiger partial charge in [0.25, 0.3) is 0 Å². The molecule has 0 atom stereocenters. The molecule has 1 aliphatic carbocycles. The van der Waals surface area contributed by atoms with Gasteiger partial charge < -0.3 is 15.4 Å². The molecule has 2 N–H and O–H groups in total.